The van der Waals surface area contributed by atoms with Crippen molar-refractivity contribution in [1.82, 2.24) is 14.5 Å². The van der Waals surface area contributed by atoms with E-state index in [1.54, 1.807) is 13.2 Å². The molecule has 170 valence electrons. The van der Waals surface area contributed by atoms with Gasteiger partial charge in [0.15, 0.2) is 11.0 Å². The summed E-state index contributed by atoms with van der Waals surface area (Å²) in [6.45, 7) is 6.71. The van der Waals surface area contributed by atoms with Gasteiger partial charge in [-0.25, -0.2) is 0 Å². The van der Waals surface area contributed by atoms with E-state index in [1.807, 2.05) is 44.2 Å². The maximum Gasteiger partial charge on any atom is 0.283 e. The third-order valence-electron chi connectivity index (χ3n) is 5.82. The number of hydrazone groups is 1. The summed E-state index contributed by atoms with van der Waals surface area (Å²) >= 11 is 1.32. The highest BCUT2D eigenvalue weighted by atomic mass is 32.2. The van der Waals surface area contributed by atoms with Gasteiger partial charge in [-0.2, -0.15) is 10.0 Å². The molecule has 33 heavy (non-hydrogen) atoms. The maximum absolute atomic E-state index is 12.9. The van der Waals surface area contributed by atoms with Crippen LogP contribution in [0.15, 0.2) is 46.0 Å². The quantitative estimate of drug-likeness (QED) is 0.702. The number of benzene rings is 1. The average Bonchev–Trinajstić information content (AvgIpc) is 3.37. The third-order valence-corrected chi connectivity index (χ3v) is 6.79. The number of amidine groups is 3. The molecule has 0 unspecified atom stereocenters. The normalized spacial score (nSPS) is 19.7. The zero-order valence-electron chi connectivity index (χ0n) is 18.7. The Hall–Kier alpha value is -3.37. The molecule has 9 nitrogen and oxygen atoms in total. The van der Waals surface area contributed by atoms with Crippen molar-refractivity contribution in [2.45, 2.75) is 13.8 Å². The average molecular weight is 465 g/mol. The Morgan fingerprint density at radius 1 is 1.18 bits per heavy atom. The van der Waals surface area contributed by atoms with Gasteiger partial charge in [-0.05, 0) is 55.4 Å². The number of thioether (sulfide) groups is 1. The summed E-state index contributed by atoms with van der Waals surface area (Å²) in [6.07, 6.45) is 1.73. The summed E-state index contributed by atoms with van der Waals surface area (Å²) in [5, 5.41) is 15.9. The number of nitrogens with one attached hydrogen (secondary N) is 1. The number of morpholine rings is 1. The zero-order valence-corrected chi connectivity index (χ0v) is 19.5. The van der Waals surface area contributed by atoms with Gasteiger partial charge in [0.1, 0.15) is 5.75 Å². The molecule has 0 aliphatic carbocycles. The zero-order chi connectivity index (χ0) is 23.1. The smallest absolute Gasteiger partial charge is 0.283 e. The Balaban J connectivity index is 1.49. The Morgan fingerprint density at radius 3 is 2.70 bits per heavy atom. The second-order valence-corrected chi connectivity index (χ2v) is 8.77. The molecule has 10 heteroatoms. The van der Waals surface area contributed by atoms with E-state index in [0.29, 0.717) is 18.4 Å². The van der Waals surface area contributed by atoms with Crippen LogP contribution >= 0.6 is 11.8 Å². The highest BCUT2D eigenvalue weighted by Gasteiger charge is 2.37. The molecule has 1 N–H and O–H groups in total. The second-order valence-electron chi connectivity index (χ2n) is 7.84. The van der Waals surface area contributed by atoms with Gasteiger partial charge in [-0.3, -0.25) is 10.2 Å². The monoisotopic (exact) mass is 464 g/mol. The van der Waals surface area contributed by atoms with E-state index >= 15 is 0 Å². The molecule has 4 heterocycles. The van der Waals surface area contributed by atoms with Crippen LogP contribution in [0.1, 0.15) is 17.0 Å². The van der Waals surface area contributed by atoms with Crippen molar-refractivity contribution in [3.63, 3.8) is 0 Å². The lowest BCUT2D eigenvalue weighted by Gasteiger charge is -2.26. The highest BCUT2D eigenvalue weighted by molar-refractivity contribution is 8.26. The molecule has 1 amide bonds. The molecule has 0 bridgehead atoms. The number of hydrogen-bond donors (Lipinski definition) is 1. The van der Waals surface area contributed by atoms with Crippen molar-refractivity contribution in [3.8, 4) is 11.4 Å². The Labute approximate surface area is 195 Å². The number of carbonyl (C=O) groups is 1. The first-order valence-electron chi connectivity index (χ1n) is 10.6. The minimum absolute atomic E-state index is 0.0304. The van der Waals surface area contributed by atoms with Crippen LogP contribution in [0.4, 0.5) is 0 Å². The van der Waals surface area contributed by atoms with E-state index in [1.165, 1.54) is 16.8 Å². The van der Waals surface area contributed by atoms with Crippen molar-refractivity contribution >= 4 is 39.9 Å². The van der Waals surface area contributed by atoms with E-state index in [9.17, 15) is 4.79 Å². The number of aromatic nitrogens is 1. The minimum atomic E-state index is -0.431. The predicted molar refractivity (Wildman–Crippen MR) is 129 cm³/mol. The summed E-state index contributed by atoms with van der Waals surface area (Å²) in [6, 6.07) is 9.79. The number of methoxy groups -OCH3 is 1. The molecule has 0 atom stereocenters. The van der Waals surface area contributed by atoms with Crippen LogP contribution in [0.5, 0.6) is 5.75 Å². The molecule has 1 fully saturated rings. The molecule has 0 radical (unpaired) electrons. The van der Waals surface area contributed by atoms with Crippen LogP contribution in [-0.4, -0.2) is 70.0 Å². The number of amides is 1. The van der Waals surface area contributed by atoms with Gasteiger partial charge in [0.25, 0.3) is 5.91 Å². The number of hydrogen-bond acceptors (Lipinski definition) is 7. The van der Waals surface area contributed by atoms with Crippen molar-refractivity contribution in [3.05, 3.63) is 52.9 Å². The molecule has 2 aromatic rings. The van der Waals surface area contributed by atoms with Gasteiger partial charge in [0.05, 0.1) is 31.6 Å². The predicted octanol–water partition coefficient (Wildman–Crippen LogP) is 3.01. The van der Waals surface area contributed by atoms with Crippen molar-refractivity contribution in [2.24, 2.45) is 10.1 Å². The molecule has 0 saturated carbocycles. The summed E-state index contributed by atoms with van der Waals surface area (Å²) in [4.78, 5) is 19.2. The van der Waals surface area contributed by atoms with E-state index in [-0.39, 0.29) is 11.4 Å². The number of rotatable bonds is 3. The molecular weight excluding hydrogens is 440 g/mol. The molecule has 5 rings (SSSR count). The van der Waals surface area contributed by atoms with E-state index in [2.05, 4.69) is 19.6 Å². The van der Waals surface area contributed by atoms with Gasteiger partial charge in [-0.1, -0.05) is 12.1 Å². The van der Waals surface area contributed by atoms with Crippen LogP contribution in [0.3, 0.4) is 0 Å². The lowest BCUT2D eigenvalue weighted by Crippen LogP contribution is -2.39. The van der Waals surface area contributed by atoms with Crippen molar-refractivity contribution in [1.29, 1.82) is 5.41 Å². The van der Waals surface area contributed by atoms with Crippen LogP contribution in [0.25, 0.3) is 11.8 Å². The van der Waals surface area contributed by atoms with Gasteiger partial charge in [-0.15, -0.1) is 5.10 Å². The van der Waals surface area contributed by atoms with E-state index < -0.39 is 5.91 Å². The molecule has 1 saturated heterocycles. The standard InChI is InChI=1S/C23H24N6O3S/c1-14-12-16(15(2)28(14)18-6-4-5-7-19(18)31-3)13-17-20(24)29-22(25-21(17)30)33-23(26-29)27-8-10-32-11-9-27/h4-7,12-13,24H,8-11H2,1-3H3/b17-13+,24-20?. The first-order valence-corrected chi connectivity index (χ1v) is 11.4. The fourth-order valence-electron chi connectivity index (χ4n) is 4.14. The summed E-state index contributed by atoms with van der Waals surface area (Å²) in [7, 11) is 1.65. The fourth-order valence-corrected chi connectivity index (χ4v) is 5.08. The lowest BCUT2D eigenvalue weighted by molar-refractivity contribution is -0.114. The number of para-hydroxylation sites is 2. The van der Waals surface area contributed by atoms with Gasteiger partial charge >= 0.3 is 0 Å². The largest absolute Gasteiger partial charge is 0.495 e. The molecule has 3 aliphatic heterocycles. The summed E-state index contributed by atoms with van der Waals surface area (Å²) in [5.74, 6) is 0.357. The topological polar surface area (TPSA) is 95.5 Å². The van der Waals surface area contributed by atoms with Gasteiger partial charge < -0.3 is 18.9 Å². The number of nitrogens with zero attached hydrogens (tertiary/aromatic N) is 5. The molecule has 0 spiro atoms. The molecule has 3 aliphatic rings. The molecule has 1 aromatic heterocycles. The van der Waals surface area contributed by atoms with E-state index in [4.69, 9.17) is 14.9 Å². The first kappa shape index (κ1) is 21.5. The van der Waals surface area contributed by atoms with Crippen LogP contribution in [0, 0.1) is 19.3 Å². The van der Waals surface area contributed by atoms with Crippen molar-refractivity contribution < 1.29 is 14.3 Å². The number of carbonyl (C=O) groups excluding carboxylic acids is 1. The van der Waals surface area contributed by atoms with E-state index in [0.717, 1.165) is 46.6 Å². The van der Waals surface area contributed by atoms with Gasteiger partial charge in [0, 0.05) is 24.5 Å². The summed E-state index contributed by atoms with van der Waals surface area (Å²) in [5.41, 5.74) is 3.90. The number of aryl methyl sites for hydroxylation is 1. The first-order chi connectivity index (χ1) is 16.0. The van der Waals surface area contributed by atoms with Crippen molar-refractivity contribution in [2.75, 3.05) is 33.4 Å². The number of aliphatic imine (C=N–C) groups is 1. The number of fused-ring (bicyclic) bond motifs is 1. The van der Waals surface area contributed by atoms with Crippen LogP contribution < -0.4 is 4.74 Å². The number of ether oxygens (including phenoxy) is 2. The van der Waals surface area contributed by atoms with Crippen LogP contribution in [-0.2, 0) is 9.53 Å². The second kappa shape index (κ2) is 8.53. The summed E-state index contributed by atoms with van der Waals surface area (Å²) < 4.78 is 13.0. The Bertz CT molecular complexity index is 1240. The third kappa shape index (κ3) is 3.75. The van der Waals surface area contributed by atoms with Crippen LogP contribution in [0.2, 0.25) is 0 Å². The molecular formula is C23H24N6O3S. The highest BCUT2D eigenvalue weighted by Crippen LogP contribution is 2.32. The molecule has 1 aromatic carbocycles. The Kier molecular flexibility index (Phi) is 5.55. The minimum Gasteiger partial charge on any atom is -0.495 e. The van der Waals surface area contributed by atoms with Gasteiger partial charge in [0.2, 0.25) is 5.17 Å². The Morgan fingerprint density at radius 2 is 1.94 bits per heavy atom. The SMILES string of the molecule is COc1ccccc1-n1c(C)cc(/C=C2\C(=N)N3N=C(N4CCOCC4)SC3=NC2=O)c1C. The fraction of sp³-hybridized carbons (Fsp3) is 0.304. The lowest BCUT2D eigenvalue weighted by atomic mass is 10.1. The maximum atomic E-state index is 12.9.